The normalized spacial score (nSPS) is 21.8. The summed E-state index contributed by atoms with van der Waals surface area (Å²) in [4.78, 5) is 0. The molecule has 1 fully saturated rings. The highest BCUT2D eigenvalue weighted by atomic mass is 19.1. The van der Waals surface area contributed by atoms with Crippen LogP contribution in [0.3, 0.4) is 0 Å². The first-order valence-corrected chi connectivity index (χ1v) is 6.62. The third-order valence-corrected chi connectivity index (χ3v) is 4.72. The molecule has 100 valence electrons. The van der Waals surface area contributed by atoms with E-state index in [1.54, 1.807) is 19.9 Å². The van der Waals surface area contributed by atoms with Crippen LogP contribution >= 0.6 is 0 Å². The van der Waals surface area contributed by atoms with Crippen LogP contribution in [0.2, 0.25) is 0 Å². The van der Waals surface area contributed by atoms with Gasteiger partial charge in [-0.3, -0.25) is 0 Å². The lowest BCUT2D eigenvalue weighted by Gasteiger charge is -2.42. The number of nitrogens with two attached hydrogens (primary N) is 1. The molecule has 1 aromatic rings. The van der Waals surface area contributed by atoms with Crippen molar-refractivity contribution in [2.75, 3.05) is 6.54 Å². The molecule has 2 rings (SSSR count). The minimum Gasteiger partial charge on any atom is -0.385 e. The van der Waals surface area contributed by atoms with Gasteiger partial charge in [-0.25, -0.2) is 4.39 Å². The molecule has 0 saturated heterocycles. The summed E-state index contributed by atoms with van der Waals surface area (Å²) in [6.07, 6.45) is 3.99. The van der Waals surface area contributed by atoms with E-state index >= 15 is 0 Å². The molecule has 1 aliphatic rings. The van der Waals surface area contributed by atoms with Crippen LogP contribution in [0, 0.1) is 18.2 Å². The fourth-order valence-corrected chi connectivity index (χ4v) is 3.14. The molecule has 0 aromatic heterocycles. The quantitative estimate of drug-likeness (QED) is 0.867. The summed E-state index contributed by atoms with van der Waals surface area (Å²) < 4.78 is 13.7. The van der Waals surface area contributed by atoms with Crippen molar-refractivity contribution in [2.45, 2.75) is 45.1 Å². The fraction of sp³-hybridized carbons (Fsp3) is 0.600. The molecule has 3 heteroatoms. The Hall–Kier alpha value is -0.930. The van der Waals surface area contributed by atoms with E-state index in [0.29, 0.717) is 17.7 Å². The monoisotopic (exact) mass is 251 g/mol. The van der Waals surface area contributed by atoms with Crippen molar-refractivity contribution in [3.8, 4) is 0 Å². The van der Waals surface area contributed by atoms with Gasteiger partial charge in [-0.15, -0.1) is 0 Å². The van der Waals surface area contributed by atoms with Crippen molar-refractivity contribution in [1.29, 1.82) is 0 Å². The van der Waals surface area contributed by atoms with E-state index in [0.717, 1.165) is 25.7 Å². The van der Waals surface area contributed by atoms with Crippen LogP contribution in [-0.4, -0.2) is 11.7 Å². The van der Waals surface area contributed by atoms with Crippen LogP contribution in [-0.2, 0) is 5.60 Å². The average Bonchev–Trinajstić information content (AvgIpc) is 2.82. The molecule has 0 spiro atoms. The van der Waals surface area contributed by atoms with Crippen LogP contribution in [0.1, 0.15) is 43.7 Å². The molecule has 3 N–H and O–H groups in total. The van der Waals surface area contributed by atoms with E-state index in [1.165, 1.54) is 6.07 Å². The minimum atomic E-state index is -1.06. The first kappa shape index (κ1) is 13.5. The number of hydrogen-bond acceptors (Lipinski definition) is 2. The zero-order chi connectivity index (χ0) is 13.4. The number of benzene rings is 1. The Morgan fingerprint density at radius 3 is 2.50 bits per heavy atom. The minimum absolute atomic E-state index is 0.266. The second kappa shape index (κ2) is 4.63. The second-order valence-corrected chi connectivity index (χ2v) is 5.73. The molecule has 0 bridgehead atoms. The summed E-state index contributed by atoms with van der Waals surface area (Å²) in [5, 5.41) is 10.9. The third kappa shape index (κ3) is 1.95. The predicted molar refractivity (Wildman–Crippen MR) is 70.7 cm³/mol. The van der Waals surface area contributed by atoms with Gasteiger partial charge in [0.2, 0.25) is 0 Å². The average molecular weight is 251 g/mol. The van der Waals surface area contributed by atoms with Gasteiger partial charge in [0.1, 0.15) is 5.82 Å². The van der Waals surface area contributed by atoms with Crippen LogP contribution in [0.4, 0.5) is 4.39 Å². The Morgan fingerprint density at radius 1 is 1.39 bits per heavy atom. The summed E-state index contributed by atoms with van der Waals surface area (Å²) in [7, 11) is 0. The van der Waals surface area contributed by atoms with E-state index in [9.17, 15) is 9.50 Å². The Bertz CT molecular complexity index is 436. The summed E-state index contributed by atoms with van der Waals surface area (Å²) in [5.41, 5.74) is 5.77. The first-order valence-electron chi connectivity index (χ1n) is 6.62. The summed E-state index contributed by atoms with van der Waals surface area (Å²) in [6, 6.07) is 4.98. The van der Waals surface area contributed by atoms with Crippen molar-refractivity contribution in [2.24, 2.45) is 11.1 Å². The third-order valence-electron chi connectivity index (χ3n) is 4.72. The molecule has 0 heterocycles. The van der Waals surface area contributed by atoms with Gasteiger partial charge in [0.15, 0.2) is 0 Å². The van der Waals surface area contributed by atoms with Gasteiger partial charge >= 0.3 is 0 Å². The molecule has 1 atom stereocenters. The maximum absolute atomic E-state index is 13.7. The van der Waals surface area contributed by atoms with Gasteiger partial charge in [0.25, 0.3) is 0 Å². The molecular formula is C15H22FNO. The Kier molecular flexibility index (Phi) is 3.47. The van der Waals surface area contributed by atoms with Crippen molar-refractivity contribution < 1.29 is 9.50 Å². The van der Waals surface area contributed by atoms with Gasteiger partial charge < -0.3 is 10.8 Å². The zero-order valence-electron chi connectivity index (χ0n) is 11.2. The van der Waals surface area contributed by atoms with Crippen LogP contribution in [0.5, 0.6) is 0 Å². The van der Waals surface area contributed by atoms with Crippen LogP contribution in [0.25, 0.3) is 0 Å². The zero-order valence-corrected chi connectivity index (χ0v) is 11.2. The molecule has 1 aliphatic carbocycles. The maximum atomic E-state index is 13.7. The predicted octanol–water partition coefficient (Wildman–Crippen LogP) is 2.86. The number of hydrogen-bond donors (Lipinski definition) is 2. The van der Waals surface area contributed by atoms with E-state index in [1.807, 2.05) is 6.07 Å². The van der Waals surface area contributed by atoms with Crippen molar-refractivity contribution >= 4 is 0 Å². The Balaban J connectivity index is 2.42. The molecule has 1 aromatic carbocycles. The molecule has 18 heavy (non-hydrogen) atoms. The van der Waals surface area contributed by atoms with Crippen LogP contribution < -0.4 is 5.73 Å². The van der Waals surface area contributed by atoms with E-state index < -0.39 is 5.60 Å². The maximum Gasteiger partial charge on any atom is 0.126 e. The SMILES string of the molecule is Cc1ccc(C(C)(O)C2(CN)CCCC2)cc1F. The van der Waals surface area contributed by atoms with Gasteiger partial charge in [0, 0.05) is 12.0 Å². The standard InChI is InChI=1S/C15H22FNO/c1-11-5-6-12(9-13(11)16)14(2,18)15(10-17)7-3-4-8-15/h5-6,9,18H,3-4,7-8,10,17H2,1-2H3. The van der Waals surface area contributed by atoms with Crippen LogP contribution in [0.15, 0.2) is 18.2 Å². The van der Waals surface area contributed by atoms with Gasteiger partial charge in [-0.05, 0) is 43.9 Å². The highest BCUT2D eigenvalue weighted by Gasteiger charge is 2.48. The van der Waals surface area contributed by atoms with Crippen molar-refractivity contribution in [1.82, 2.24) is 0 Å². The number of aliphatic hydroxyl groups is 1. The summed E-state index contributed by atoms with van der Waals surface area (Å²) >= 11 is 0. The van der Waals surface area contributed by atoms with Crippen molar-refractivity contribution in [3.05, 3.63) is 35.1 Å². The number of rotatable bonds is 3. The van der Waals surface area contributed by atoms with Crippen molar-refractivity contribution in [3.63, 3.8) is 0 Å². The lowest BCUT2D eigenvalue weighted by atomic mass is 9.68. The Labute approximate surface area is 108 Å². The molecule has 1 unspecified atom stereocenters. The topological polar surface area (TPSA) is 46.2 Å². The first-order chi connectivity index (χ1) is 8.43. The van der Waals surface area contributed by atoms with E-state index in [2.05, 4.69) is 0 Å². The summed E-state index contributed by atoms with van der Waals surface area (Å²) in [5.74, 6) is -0.266. The second-order valence-electron chi connectivity index (χ2n) is 5.73. The van der Waals surface area contributed by atoms with Gasteiger partial charge in [-0.2, -0.15) is 0 Å². The molecule has 0 amide bonds. The van der Waals surface area contributed by atoms with E-state index in [4.69, 9.17) is 5.73 Å². The molecule has 0 aliphatic heterocycles. The molecule has 2 nitrogen and oxygen atoms in total. The molecular weight excluding hydrogens is 229 g/mol. The Morgan fingerprint density at radius 2 is 2.00 bits per heavy atom. The lowest BCUT2D eigenvalue weighted by molar-refractivity contribution is -0.0695. The number of halogens is 1. The van der Waals surface area contributed by atoms with Gasteiger partial charge in [0.05, 0.1) is 5.60 Å². The molecule has 0 radical (unpaired) electrons. The highest BCUT2D eigenvalue weighted by Crippen LogP contribution is 2.50. The lowest BCUT2D eigenvalue weighted by Crippen LogP contribution is -2.46. The van der Waals surface area contributed by atoms with Gasteiger partial charge in [-0.1, -0.05) is 25.0 Å². The fourth-order valence-electron chi connectivity index (χ4n) is 3.14. The number of aryl methyl sites for hydroxylation is 1. The molecule has 1 saturated carbocycles. The largest absolute Gasteiger partial charge is 0.385 e. The highest BCUT2D eigenvalue weighted by molar-refractivity contribution is 5.30. The van der Waals surface area contributed by atoms with E-state index in [-0.39, 0.29) is 11.2 Å². The smallest absolute Gasteiger partial charge is 0.126 e. The summed E-state index contributed by atoms with van der Waals surface area (Å²) in [6.45, 7) is 3.94.